The van der Waals surface area contributed by atoms with Crippen LogP contribution in [0.4, 0.5) is 0 Å². The smallest absolute Gasteiger partial charge is 0.255 e. The van der Waals surface area contributed by atoms with E-state index in [1.54, 1.807) is 6.07 Å². The number of morpholine rings is 1. The molecule has 3 heterocycles. The van der Waals surface area contributed by atoms with Crippen molar-refractivity contribution in [2.75, 3.05) is 46.1 Å². The third kappa shape index (κ3) is 5.26. The molecule has 2 atom stereocenters. The van der Waals surface area contributed by atoms with E-state index < -0.39 is 0 Å². The molecule has 2 aliphatic heterocycles. The zero-order valence-corrected chi connectivity index (χ0v) is 18.3. The van der Waals surface area contributed by atoms with Gasteiger partial charge in [-0.1, -0.05) is 17.3 Å². The molecule has 1 amide bonds. The summed E-state index contributed by atoms with van der Waals surface area (Å²) in [6.45, 7) is 9.39. The van der Waals surface area contributed by atoms with Crippen LogP contribution in [0.1, 0.15) is 33.8 Å². The number of aryl methyl sites for hydroxylation is 2. The van der Waals surface area contributed by atoms with E-state index in [9.17, 15) is 4.79 Å². The molecule has 8 nitrogen and oxygen atoms in total. The first-order valence-corrected chi connectivity index (χ1v) is 10.9. The Morgan fingerprint density at radius 3 is 2.74 bits per heavy atom. The number of nitrogens with one attached hydrogen (secondary N) is 1. The third-order valence-corrected chi connectivity index (χ3v) is 6.18. The molecule has 31 heavy (non-hydrogen) atoms. The second-order valence-corrected chi connectivity index (χ2v) is 8.14. The van der Waals surface area contributed by atoms with Crippen LogP contribution in [0.15, 0.2) is 28.8 Å². The first kappa shape index (κ1) is 21.8. The van der Waals surface area contributed by atoms with E-state index in [1.165, 1.54) is 0 Å². The fourth-order valence-corrected chi connectivity index (χ4v) is 4.29. The van der Waals surface area contributed by atoms with E-state index in [4.69, 9.17) is 18.7 Å². The maximum atomic E-state index is 13.1. The molecule has 0 aliphatic carbocycles. The molecule has 1 aromatic carbocycles. The number of aromatic nitrogens is 1. The van der Waals surface area contributed by atoms with Gasteiger partial charge in [0.25, 0.3) is 5.91 Å². The highest BCUT2D eigenvalue weighted by Crippen LogP contribution is 2.24. The molecule has 0 spiro atoms. The number of carbonyl (C=O) groups is 1. The predicted molar refractivity (Wildman–Crippen MR) is 114 cm³/mol. The summed E-state index contributed by atoms with van der Waals surface area (Å²) in [5.74, 6) is 1.56. The van der Waals surface area contributed by atoms with Crippen molar-refractivity contribution in [3.8, 4) is 5.75 Å². The van der Waals surface area contributed by atoms with Crippen LogP contribution in [-0.2, 0) is 16.1 Å². The summed E-state index contributed by atoms with van der Waals surface area (Å²) in [6.07, 6.45) is 1.02. The molecule has 8 heteroatoms. The first-order valence-electron chi connectivity index (χ1n) is 10.9. The number of benzene rings is 1. The monoisotopic (exact) mass is 429 g/mol. The van der Waals surface area contributed by atoms with E-state index in [0.29, 0.717) is 30.4 Å². The summed E-state index contributed by atoms with van der Waals surface area (Å²) in [6, 6.07) is 7.57. The minimum Gasteiger partial charge on any atom is -0.488 e. The minimum atomic E-state index is -0.133. The third-order valence-electron chi connectivity index (χ3n) is 6.18. The SMILES string of the molecule is Cc1noc(C)c1COc1ccccc1C(=O)NCC(C1CCOC1)N1CCOCC1. The number of amides is 1. The lowest BCUT2D eigenvalue weighted by atomic mass is 9.96. The van der Waals surface area contributed by atoms with Crippen molar-refractivity contribution in [3.63, 3.8) is 0 Å². The molecular formula is C23H31N3O5. The van der Waals surface area contributed by atoms with Gasteiger partial charge >= 0.3 is 0 Å². The van der Waals surface area contributed by atoms with Crippen LogP contribution in [0.2, 0.25) is 0 Å². The zero-order valence-electron chi connectivity index (χ0n) is 18.3. The van der Waals surface area contributed by atoms with Crippen LogP contribution in [0.5, 0.6) is 5.75 Å². The Hall–Kier alpha value is -2.42. The molecule has 2 aliphatic rings. The van der Waals surface area contributed by atoms with Gasteiger partial charge in [0.05, 0.1) is 36.6 Å². The molecule has 0 saturated carbocycles. The lowest BCUT2D eigenvalue weighted by Crippen LogP contribution is -2.52. The molecule has 168 valence electrons. The largest absolute Gasteiger partial charge is 0.488 e. The van der Waals surface area contributed by atoms with Gasteiger partial charge in [-0.05, 0) is 32.4 Å². The number of nitrogens with zero attached hydrogens (tertiary/aromatic N) is 2. The van der Waals surface area contributed by atoms with Crippen molar-refractivity contribution >= 4 is 5.91 Å². The maximum Gasteiger partial charge on any atom is 0.255 e. The van der Waals surface area contributed by atoms with Crippen molar-refractivity contribution in [2.45, 2.75) is 32.9 Å². The molecule has 1 aromatic heterocycles. The molecule has 0 radical (unpaired) electrons. The minimum absolute atomic E-state index is 0.133. The summed E-state index contributed by atoms with van der Waals surface area (Å²) < 4.78 is 22.3. The summed E-state index contributed by atoms with van der Waals surface area (Å²) >= 11 is 0. The summed E-state index contributed by atoms with van der Waals surface area (Å²) in [5, 5.41) is 7.10. The average Bonchev–Trinajstić information content (AvgIpc) is 3.44. The van der Waals surface area contributed by atoms with Crippen molar-refractivity contribution < 1.29 is 23.5 Å². The van der Waals surface area contributed by atoms with Crippen LogP contribution in [0.3, 0.4) is 0 Å². The second-order valence-electron chi connectivity index (χ2n) is 8.14. The van der Waals surface area contributed by atoms with Gasteiger partial charge in [-0.2, -0.15) is 0 Å². The lowest BCUT2D eigenvalue weighted by molar-refractivity contribution is 0.00166. The number of para-hydroxylation sites is 1. The van der Waals surface area contributed by atoms with Crippen LogP contribution in [-0.4, -0.2) is 68.1 Å². The van der Waals surface area contributed by atoms with E-state index in [-0.39, 0.29) is 11.9 Å². The molecule has 1 N–H and O–H groups in total. The Bertz CT molecular complexity index is 852. The van der Waals surface area contributed by atoms with E-state index >= 15 is 0 Å². The predicted octanol–water partition coefficient (Wildman–Crippen LogP) is 2.34. The quantitative estimate of drug-likeness (QED) is 0.689. The van der Waals surface area contributed by atoms with Gasteiger partial charge in [-0.25, -0.2) is 0 Å². The van der Waals surface area contributed by atoms with Crippen molar-refractivity contribution in [3.05, 3.63) is 46.8 Å². The Morgan fingerprint density at radius 2 is 2.03 bits per heavy atom. The van der Waals surface area contributed by atoms with Gasteiger partial charge in [0.1, 0.15) is 18.1 Å². The number of hydrogen-bond acceptors (Lipinski definition) is 7. The molecule has 2 aromatic rings. The molecule has 4 rings (SSSR count). The Balaban J connectivity index is 1.41. The van der Waals surface area contributed by atoms with Crippen LogP contribution in [0.25, 0.3) is 0 Å². The average molecular weight is 430 g/mol. The number of ether oxygens (including phenoxy) is 3. The summed E-state index contributed by atoms with van der Waals surface area (Å²) in [4.78, 5) is 15.5. The number of hydrogen-bond donors (Lipinski definition) is 1. The second kappa shape index (κ2) is 10.3. The fourth-order valence-electron chi connectivity index (χ4n) is 4.29. The first-order chi connectivity index (χ1) is 15.1. The van der Waals surface area contributed by atoms with Gasteiger partial charge < -0.3 is 24.1 Å². The summed E-state index contributed by atoms with van der Waals surface area (Å²) in [5.41, 5.74) is 2.23. The lowest BCUT2D eigenvalue weighted by Gasteiger charge is -2.37. The number of rotatable bonds is 8. The van der Waals surface area contributed by atoms with Gasteiger partial charge in [0, 0.05) is 38.2 Å². The Labute approximate surface area is 182 Å². The zero-order chi connectivity index (χ0) is 21.6. The highest BCUT2D eigenvalue weighted by Gasteiger charge is 2.32. The highest BCUT2D eigenvalue weighted by molar-refractivity contribution is 5.96. The van der Waals surface area contributed by atoms with Gasteiger partial charge in [-0.15, -0.1) is 0 Å². The van der Waals surface area contributed by atoms with Crippen LogP contribution >= 0.6 is 0 Å². The Kier molecular flexibility index (Phi) is 7.21. The van der Waals surface area contributed by atoms with E-state index in [2.05, 4.69) is 15.4 Å². The van der Waals surface area contributed by atoms with Gasteiger partial charge in [0.15, 0.2) is 0 Å². The van der Waals surface area contributed by atoms with Crippen LogP contribution in [0, 0.1) is 19.8 Å². The number of carbonyl (C=O) groups excluding carboxylic acids is 1. The Morgan fingerprint density at radius 1 is 1.23 bits per heavy atom. The maximum absolute atomic E-state index is 13.1. The van der Waals surface area contributed by atoms with E-state index in [0.717, 1.165) is 63.0 Å². The topological polar surface area (TPSA) is 86.1 Å². The van der Waals surface area contributed by atoms with E-state index in [1.807, 2.05) is 32.0 Å². The summed E-state index contributed by atoms with van der Waals surface area (Å²) in [7, 11) is 0. The van der Waals surface area contributed by atoms with Crippen molar-refractivity contribution in [1.29, 1.82) is 0 Å². The fraction of sp³-hybridized carbons (Fsp3) is 0.565. The van der Waals surface area contributed by atoms with Crippen molar-refractivity contribution in [2.24, 2.45) is 5.92 Å². The van der Waals surface area contributed by atoms with Crippen molar-refractivity contribution in [1.82, 2.24) is 15.4 Å². The van der Waals surface area contributed by atoms with Crippen LogP contribution < -0.4 is 10.1 Å². The van der Waals surface area contributed by atoms with Gasteiger partial charge in [-0.3, -0.25) is 9.69 Å². The molecule has 2 saturated heterocycles. The van der Waals surface area contributed by atoms with Gasteiger partial charge in [0.2, 0.25) is 0 Å². The molecular weight excluding hydrogens is 398 g/mol. The standard InChI is InChI=1S/C23H31N3O5/c1-16-20(17(2)31-25-16)15-30-22-6-4-3-5-19(22)23(27)24-13-21(18-7-10-29-14-18)26-8-11-28-12-9-26/h3-6,18,21H,7-15H2,1-2H3,(H,24,27). The highest BCUT2D eigenvalue weighted by atomic mass is 16.5. The molecule has 2 unspecified atom stereocenters. The molecule has 0 bridgehead atoms. The normalized spacial score (nSPS) is 20.5. The molecule has 2 fully saturated rings.